The Hall–Kier alpha value is -1.06. The van der Waals surface area contributed by atoms with E-state index in [0.29, 0.717) is 24.8 Å². The van der Waals surface area contributed by atoms with Crippen molar-refractivity contribution < 1.29 is 14.7 Å². The fourth-order valence-corrected chi connectivity index (χ4v) is 2.62. The standard InChI is InChI=1S/C15H27NO3/c1-2-4-12(7-8-15(18)19)9-10-16-14(17)11-13-5-3-6-13/h12-13H,2-11H2,1H3,(H,16,17)(H,18,19). The summed E-state index contributed by atoms with van der Waals surface area (Å²) >= 11 is 0. The molecule has 1 aliphatic rings. The maximum absolute atomic E-state index is 11.6. The van der Waals surface area contributed by atoms with E-state index in [-0.39, 0.29) is 12.3 Å². The van der Waals surface area contributed by atoms with Gasteiger partial charge in [-0.25, -0.2) is 0 Å². The first-order chi connectivity index (χ1) is 9.11. The Morgan fingerprint density at radius 2 is 2.00 bits per heavy atom. The van der Waals surface area contributed by atoms with E-state index in [2.05, 4.69) is 12.2 Å². The molecule has 0 bridgehead atoms. The summed E-state index contributed by atoms with van der Waals surface area (Å²) in [5.41, 5.74) is 0. The van der Waals surface area contributed by atoms with Gasteiger partial charge in [-0.05, 0) is 37.5 Å². The van der Waals surface area contributed by atoms with E-state index in [1.54, 1.807) is 0 Å². The van der Waals surface area contributed by atoms with Crippen molar-refractivity contribution in [1.29, 1.82) is 0 Å². The van der Waals surface area contributed by atoms with Crippen molar-refractivity contribution in [3.05, 3.63) is 0 Å². The van der Waals surface area contributed by atoms with Crippen LogP contribution in [0.4, 0.5) is 0 Å². The molecule has 0 aromatic rings. The molecule has 0 aromatic carbocycles. The second-order valence-corrected chi connectivity index (χ2v) is 5.73. The molecule has 1 amide bonds. The molecule has 0 heterocycles. The van der Waals surface area contributed by atoms with Gasteiger partial charge in [-0.2, -0.15) is 0 Å². The SMILES string of the molecule is CCCC(CCNC(=O)CC1CCC1)CCC(=O)O. The average Bonchev–Trinajstić information content (AvgIpc) is 2.31. The van der Waals surface area contributed by atoms with E-state index in [0.717, 1.165) is 25.7 Å². The van der Waals surface area contributed by atoms with Crippen LogP contribution in [0.2, 0.25) is 0 Å². The Kier molecular flexibility index (Phi) is 7.53. The zero-order valence-electron chi connectivity index (χ0n) is 12.0. The number of aliphatic carboxylic acids is 1. The average molecular weight is 269 g/mol. The molecule has 1 atom stereocenters. The third-order valence-electron chi connectivity index (χ3n) is 4.04. The van der Waals surface area contributed by atoms with E-state index < -0.39 is 5.97 Å². The van der Waals surface area contributed by atoms with Crippen LogP contribution in [-0.4, -0.2) is 23.5 Å². The number of nitrogens with one attached hydrogen (secondary N) is 1. The summed E-state index contributed by atoms with van der Waals surface area (Å²) in [6.07, 6.45) is 8.32. The van der Waals surface area contributed by atoms with E-state index in [1.165, 1.54) is 19.3 Å². The summed E-state index contributed by atoms with van der Waals surface area (Å²) < 4.78 is 0. The predicted molar refractivity (Wildman–Crippen MR) is 74.9 cm³/mol. The molecule has 1 unspecified atom stereocenters. The molecule has 4 heteroatoms. The molecule has 1 fully saturated rings. The number of hydrogen-bond acceptors (Lipinski definition) is 2. The molecule has 1 rings (SSSR count). The third kappa shape index (κ3) is 7.19. The maximum Gasteiger partial charge on any atom is 0.303 e. The van der Waals surface area contributed by atoms with Crippen molar-refractivity contribution in [3.8, 4) is 0 Å². The van der Waals surface area contributed by atoms with Crippen LogP contribution in [0.5, 0.6) is 0 Å². The zero-order valence-corrected chi connectivity index (χ0v) is 12.0. The van der Waals surface area contributed by atoms with Crippen LogP contribution < -0.4 is 5.32 Å². The molecule has 0 spiro atoms. The number of rotatable bonds is 10. The summed E-state index contributed by atoms with van der Waals surface area (Å²) in [6, 6.07) is 0. The Morgan fingerprint density at radius 3 is 2.53 bits per heavy atom. The normalized spacial score (nSPS) is 16.7. The number of hydrogen-bond donors (Lipinski definition) is 2. The number of carboxylic acids is 1. The van der Waals surface area contributed by atoms with E-state index in [1.807, 2.05) is 0 Å². The third-order valence-corrected chi connectivity index (χ3v) is 4.04. The molecular formula is C15H27NO3. The second-order valence-electron chi connectivity index (χ2n) is 5.73. The highest BCUT2D eigenvalue weighted by Gasteiger charge is 2.20. The molecular weight excluding hydrogens is 242 g/mol. The first-order valence-corrected chi connectivity index (χ1v) is 7.60. The van der Waals surface area contributed by atoms with Crippen LogP contribution in [0.15, 0.2) is 0 Å². The minimum atomic E-state index is -0.727. The molecule has 0 saturated heterocycles. The largest absolute Gasteiger partial charge is 0.481 e. The smallest absolute Gasteiger partial charge is 0.303 e. The Bertz CT molecular complexity index is 287. The summed E-state index contributed by atoms with van der Waals surface area (Å²) in [4.78, 5) is 22.2. The van der Waals surface area contributed by atoms with E-state index in [9.17, 15) is 9.59 Å². The molecule has 19 heavy (non-hydrogen) atoms. The molecule has 110 valence electrons. The van der Waals surface area contributed by atoms with Crippen LogP contribution >= 0.6 is 0 Å². The first-order valence-electron chi connectivity index (χ1n) is 7.60. The maximum atomic E-state index is 11.6. The molecule has 0 aromatic heterocycles. The van der Waals surface area contributed by atoms with Crippen LogP contribution in [0.25, 0.3) is 0 Å². The summed E-state index contributed by atoms with van der Waals surface area (Å²) in [6.45, 7) is 2.80. The molecule has 2 N–H and O–H groups in total. The minimum absolute atomic E-state index is 0.165. The summed E-state index contributed by atoms with van der Waals surface area (Å²) in [5, 5.41) is 11.7. The second kappa shape index (κ2) is 8.94. The fourth-order valence-electron chi connectivity index (χ4n) is 2.62. The van der Waals surface area contributed by atoms with Gasteiger partial charge in [0.15, 0.2) is 0 Å². The summed E-state index contributed by atoms with van der Waals surface area (Å²) in [7, 11) is 0. The van der Waals surface area contributed by atoms with Crippen molar-refractivity contribution in [3.63, 3.8) is 0 Å². The van der Waals surface area contributed by atoms with Gasteiger partial charge in [0.1, 0.15) is 0 Å². The lowest BCUT2D eigenvalue weighted by Crippen LogP contribution is -2.29. The van der Waals surface area contributed by atoms with Gasteiger partial charge >= 0.3 is 5.97 Å². The van der Waals surface area contributed by atoms with Crippen molar-refractivity contribution in [2.24, 2.45) is 11.8 Å². The monoisotopic (exact) mass is 269 g/mol. The molecule has 1 saturated carbocycles. The Morgan fingerprint density at radius 1 is 1.26 bits per heavy atom. The van der Waals surface area contributed by atoms with Crippen molar-refractivity contribution >= 4 is 11.9 Å². The Labute approximate surface area is 116 Å². The van der Waals surface area contributed by atoms with Gasteiger partial charge in [-0.15, -0.1) is 0 Å². The lowest BCUT2D eigenvalue weighted by molar-refractivity contribution is -0.137. The van der Waals surface area contributed by atoms with Gasteiger partial charge in [-0.3, -0.25) is 9.59 Å². The molecule has 0 aliphatic heterocycles. The molecule has 1 aliphatic carbocycles. The van der Waals surface area contributed by atoms with Crippen molar-refractivity contribution in [2.75, 3.05) is 6.54 Å². The van der Waals surface area contributed by atoms with Crippen LogP contribution in [0.1, 0.15) is 64.7 Å². The van der Waals surface area contributed by atoms with Gasteiger partial charge in [0.05, 0.1) is 0 Å². The number of carbonyl (C=O) groups is 2. The number of carboxylic acid groups (broad SMARTS) is 1. The van der Waals surface area contributed by atoms with Crippen molar-refractivity contribution in [1.82, 2.24) is 5.32 Å². The number of carbonyl (C=O) groups excluding carboxylic acids is 1. The predicted octanol–water partition coefficient (Wildman–Crippen LogP) is 2.96. The van der Waals surface area contributed by atoms with Crippen LogP contribution in [-0.2, 0) is 9.59 Å². The number of amides is 1. The summed E-state index contributed by atoms with van der Waals surface area (Å²) in [5.74, 6) is 0.469. The van der Waals surface area contributed by atoms with Gasteiger partial charge in [0.2, 0.25) is 5.91 Å². The van der Waals surface area contributed by atoms with E-state index in [4.69, 9.17) is 5.11 Å². The van der Waals surface area contributed by atoms with Crippen molar-refractivity contribution in [2.45, 2.75) is 64.7 Å². The van der Waals surface area contributed by atoms with Crippen LogP contribution in [0, 0.1) is 11.8 Å². The Balaban J connectivity index is 2.11. The van der Waals surface area contributed by atoms with E-state index >= 15 is 0 Å². The van der Waals surface area contributed by atoms with Crippen LogP contribution in [0.3, 0.4) is 0 Å². The van der Waals surface area contributed by atoms with Gasteiger partial charge in [0, 0.05) is 19.4 Å². The van der Waals surface area contributed by atoms with Gasteiger partial charge < -0.3 is 10.4 Å². The minimum Gasteiger partial charge on any atom is -0.481 e. The lowest BCUT2D eigenvalue weighted by Gasteiger charge is -2.24. The first kappa shape index (κ1) is 16.0. The van der Waals surface area contributed by atoms with Gasteiger partial charge in [-0.1, -0.05) is 26.2 Å². The highest BCUT2D eigenvalue weighted by Crippen LogP contribution is 2.29. The molecule has 4 nitrogen and oxygen atoms in total. The highest BCUT2D eigenvalue weighted by atomic mass is 16.4. The zero-order chi connectivity index (χ0) is 14.1. The molecule has 0 radical (unpaired) electrons. The topological polar surface area (TPSA) is 66.4 Å². The van der Waals surface area contributed by atoms with Gasteiger partial charge in [0.25, 0.3) is 0 Å². The highest BCUT2D eigenvalue weighted by molar-refractivity contribution is 5.76. The quantitative estimate of drug-likeness (QED) is 0.640. The fraction of sp³-hybridized carbons (Fsp3) is 0.867. The lowest BCUT2D eigenvalue weighted by atomic mass is 9.83.